The van der Waals surface area contributed by atoms with Crippen molar-refractivity contribution in [3.8, 4) is 29.0 Å². The van der Waals surface area contributed by atoms with Gasteiger partial charge in [0.1, 0.15) is 41.0 Å². The average Bonchev–Trinajstić information content (AvgIpc) is 3.67. The normalized spacial score (nSPS) is 25.2. The first-order valence-corrected chi connectivity index (χ1v) is 20.0. The van der Waals surface area contributed by atoms with Crippen molar-refractivity contribution in [2.75, 3.05) is 49.7 Å². The van der Waals surface area contributed by atoms with Crippen LogP contribution in [0, 0.1) is 23.0 Å². The van der Waals surface area contributed by atoms with E-state index in [9.17, 15) is 18.1 Å². The van der Waals surface area contributed by atoms with Crippen LogP contribution in [0.4, 0.5) is 24.0 Å². The SMILES string of the molecule is CS(=O)(=O)NC1CCCCN2c3nc(OCC45CCCN4C[C@H](F)C5)nc4c(F)c(-c5ccc(F)c6sc(N)c(C#N)c56)c(Cl)c(c34)OCCC12. The monoisotopic (exact) mass is 761 g/mol. The van der Waals surface area contributed by atoms with Gasteiger partial charge < -0.3 is 20.1 Å². The largest absolute Gasteiger partial charge is 0.491 e. The molecule has 11 nitrogen and oxygen atoms in total. The van der Waals surface area contributed by atoms with E-state index in [1.54, 1.807) is 0 Å². The lowest BCUT2D eigenvalue weighted by Crippen LogP contribution is -2.52. The van der Waals surface area contributed by atoms with Crippen LogP contribution in [0.15, 0.2) is 12.1 Å². The van der Waals surface area contributed by atoms with E-state index in [2.05, 4.69) is 14.6 Å². The van der Waals surface area contributed by atoms with E-state index in [0.717, 1.165) is 43.4 Å². The Morgan fingerprint density at radius 2 is 2.04 bits per heavy atom. The molecule has 4 aliphatic rings. The van der Waals surface area contributed by atoms with Crippen molar-refractivity contribution < 1.29 is 31.1 Å². The fourth-order valence-corrected chi connectivity index (χ4v) is 10.7. The third-order valence-electron chi connectivity index (χ3n) is 10.7. The third-order valence-corrected chi connectivity index (χ3v) is 12.8. The molecule has 4 aromatic rings. The standard InChI is InChI=1S/C34H35ClF3N7O4S2/c1-51(46,47)43-21-5-2-3-11-45-22(21)8-12-48-29-25-28(41-33(42-32(25)45)49-16-34-9-4-10-44(34)15-17(36)13-34)27(38)24(26(29)35)18-6-7-20(37)30-23(18)19(14-39)31(40)50-30/h6-7,17,21-22,43H,2-5,8-13,15-16,40H2,1H3/t17-,21?,22?,34?/m1/s1. The van der Waals surface area contributed by atoms with Crippen molar-refractivity contribution >= 4 is 64.8 Å². The minimum atomic E-state index is -3.59. The highest BCUT2D eigenvalue weighted by molar-refractivity contribution is 7.88. The second-order valence-electron chi connectivity index (χ2n) is 13.9. The summed E-state index contributed by atoms with van der Waals surface area (Å²) in [6, 6.07) is 3.49. The van der Waals surface area contributed by atoms with Crippen molar-refractivity contribution in [3.63, 3.8) is 0 Å². The summed E-state index contributed by atoms with van der Waals surface area (Å²) in [5.74, 6) is -1.14. The molecule has 0 radical (unpaired) electrons. The van der Waals surface area contributed by atoms with Gasteiger partial charge in [-0.3, -0.25) is 4.90 Å². The third kappa shape index (κ3) is 5.81. The van der Waals surface area contributed by atoms with E-state index in [-0.39, 0.29) is 78.5 Å². The maximum absolute atomic E-state index is 17.4. The lowest BCUT2D eigenvalue weighted by Gasteiger charge is -2.38. The first-order chi connectivity index (χ1) is 24.4. The minimum absolute atomic E-state index is 0.00372. The molecular weight excluding hydrogens is 727 g/mol. The van der Waals surface area contributed by atoms with Crippen LogP contribution in [0.25, 0.3) is 32.1 Å². The number of anilines is 2. The van der Waals surface area contributed by atoms with Crippen LogP contribution in [0.2, 0.25) is 5.02 Å². The highest BCUT2D eigenvalue weighted by Gasteiger charge is 2.49. The Labute approximate surface area is 301 Å². The number of alkyl halides is 1. The molecule has 3 saturated heterocycles. The maximum atomic E-state index is 17.4. The number of nitriles is 1. The van der Waals surface area contributed by atoms with Gasteiger partial charge in [0, 0.05) is 42.9 Å². The van der Waals surface area contributed by atoms with Crippen molar-refractivity contribution in [1.29, 1.82) is 5.26 Å². The van der Waals surface area contributed by atoms with Crippen molar-refractivity contribution in [2.24, 2.45) is 0 Å². The van der Waals surface area contributed by atoms with Gasteiger partial charge in [-0.15, -0.1) is 11.3 Å². The van der Waals surface area contributed by atoms with Gasteiger partial charge in [-0.25, -0.2) is 26.3 Å². The van der Waals surface area contributed by atoms with Gasteiger partial charge in [-0.05, 0) is 43.9 Å². The van der Waals surface area contributed by atoms with Gasteiger partial charge in [-0.1, -0.05) is 24.1 Å². The molecule has 4 aliphatic heterocycles. The molecule has 8 rings (SSSR count). The number of halogens is 4. The number of benzene rings is 2. The van der Waals surface area contributed by atoms with Gasteiger partial charge in [0.2, 0.25) is 10.0 Å². The molecule has 6 heterocycles. The Hall–Kier alpha value is -3.62. The van der Waals surface area contributed by atoms with Crippen LogP contribution in [-0.4, -0.2) is 86.2 Å². The van der Waals surface area contributed by atoms with Gasteiger partial charge in [0.05, 0.1) is 45.1 Å². The minimum Gasteiger partial charge on any atom is -0.491 e. The highest BCUT2D eigenvalue weighted by Crippen LogP contribution is 2.51. The van der Waals surface area contributed by atoms with E-state index < -0.39 is 45.5 Å². The quantitative estimate of drug-likeness (QED) is 0.243. The van der Waals surface area contributed by atoms with Crippen molar-refractivity contribution in [3.05, 3.63) is 34.4 Å². The van der Waals surface area contributed by atoms with Gasteiger partial charge >= 0.3 is 6.01 Å². The number of nitrogens with two attached hydrogens (primary N) is 1. The number of nitrogens with one attached hydrogen (secondary N) is 1. The molecule has 2 aromatic carbocycles. The van der Waals surface area contributed by atoms with Gasteiger partial charge in [0.25, 0.3) is 0 Å². The number of aromatic nitrogens is 2. The van der Waals surface area contributed by atoms with Crippen LogP contribution in [0.1, 0.15) is 50.5 Å². The molecule has 4 atom stereocenters. The van der Waals surface area contributed by atoms with Crippen LogP contribution in [0.3, 0.4) is 0 Å². The highest BCUT2D eigenvalue weighted by atomic mass is 35.5. The van der Waals surface area contributed by atoms with E-state index in [4.69, 9.17) is 31.8 Å². The molecule has 3 unspecified atom stereocenters. The van der Waals surface area contributed by atoms with Crippen LogP contribution in [-0.2, 0) is 10.0 Å². The Morgan fingerprint density at radius 3 is 2.82 bits per heavy atom. The predicted molar refractivity (Wildman–Crippen MR) is 190 cm³/mol. The fourth-order valence-electron chi connectivity index (χ4n) is 8.57. The van der Waals surface area contributed by atoms with E-state index in [1.165, 1.54) is 12.1 Å². The molecule has 3 N–H and O–H groups in total. The van der Waals surface area contributed by atoms with Gasteiger partial charge in [0.15, 0.2) is 11.6 Å². The van der Waals surface area contributed by atoms with E-state index in [1.807, 2.05) is 11.0 Å². The second-order valence-corrected chi connectivity index (χ2v) is 17.1. The first-order valence-electron chi connectivity index (χ1n) is 16.9. The summed E-state index contributed by atoms with van der Waals surface area (Å²) in [7, 11) is -3.59. The predicted octanol–water partition coefficient (Wildman–Crippen LogP) is 5.91. The molecule has 0 spiro atoms. The number of nitrogens with zero attached hydrogens (tertiary/aromatic N) is 5. The summed E-state index contributed by atoms with van der Waals surface area (Å²) < 4.78 is 87.5. The number of hydrogen-bond donors (Lipinski definition) is 2. The summed E-state index contributed by atoms with van der Waals surface area (Å²) in [6.45, 7) is 1.72. The molecule has 51 heavy (non-hydrogen) atoms. The molecule has 2 aromatic heterocycles. The summed E-state index contributed by atoms with van der Waals surface area (Å²) >= 11 is 7.96. The van der Waals surface area contributed by atoms with Crippen molar-refractivity contribution in [1.82, 2.24) is 19.6 Å². The zero-order valence-electron chi connectivity index (χ0n) is 27.6. The Bertz CT molecular complexity index is 2240. The fraction of sp³-hybridized carbons (Fsp3) is 0.500. The number of fused-ring (bicyclic) bond motifs is 4. The molecule has 270 valence electrons. The maximum Gasteiger partial charge on any atom is 0.319 e. The lowest BCUT2D eigenvalue weighted by atomic mass is 9.95. The zero-order chi connectivity index (χ0) is 35.8. The average molecular weight is 762 g/mol. The summed E-state index contributed by atoms with van der Waals surface area (Å²) in [6.07, 6.45) is 4.43. The topological polar surface area (TPSA) is 147 Å². The summed E-state index contributed by atoms with van der Waals surface area (Å²) in [4.78, 5) is 13.5. The molecule has 17 heteroatoms. The molecule has 0 saturated carbocycles. The van der Waals surface area contributed by atoms with Crippen molar-refractivity contribution in [2.45, 2.75) is 68.7 Å². The van der Waals surface area contributed by atoms with Crippen LogP contribution in [0.5, 0.6) is 11.8 Å². The Balaban J connectivity index is 1.36. The lowest BCUT2D eigenvalue weighted by molar-refractivity contribution is 0.107. The smallest absolute Gasteiger partial charge is 0.319 e. The van der Waals surface area contributed by atoms with Gasteiger partial charge in [-0.2, -0.15) is 15.2 Å². The number of ether oxygens (including phenoxy) is 2. The number of nitrogen functional groups attached to an aromatic ring is 1. The number of hydrogen-bond acceptors (Lipinski definition) is 11. The molecule has 0 amide bonds. The Morgan fingerprint density at radius 1 is 1.22 bits per heavy atom. The van der Waals surface area contributed by atoms with Crippen LogP contribution < -0.4 is 24.8 Å². The number of thiophene rings is 1. The summed E-state index contributed by atoms with van der Waals surface area (Å²) in [5, 5.41) is 10.2. The number of rotatable bonds is 6. The molecular formula is C34H35ClF3N7O4S2. The molecule has 0 bridgehead atoms. The second kappa shape index (κ2) is 12.8. The van der Waals surface area contributed by atoms with E-state index in [0.29, 0.717) is 38.8 Å². The molecule has 3 fully saturated rings. The first kappa shape index (κ1) is 34.5. The number of sulfonamides is 1. The molecule has 0 aliphatic carbocycles. The Kier molecular flexibility index (Phi) is 8.65. The van der Waals surface area contributed by atoms with E-state index >= 15 is 8.78 Å². The summed E-state index contributed by atoms with van der Waals surface area (Å²) in [5.41, 5.74) is 5.36. The zero-order valence-corrected chi connectivity index (χ0v) is 30.0. The van der Waals surface area contributed by atoms with Crippen LogP contribution >= 0.6 is 22.9 Å².